The highest BCUT2D eigenvalue weighted by molar-refractivity contribution is 7.09. The molecule has 8 heteroatoms. The molecule has 6 nitrogen and oxygen atoms in total. The van der Waals surface area contributed by atoms with E-state index in [4.69, 9.17) is 10.3 Å². The standard InChI is InChI=1S/C14H15N5OS.ClH/c1-8-17-11(7-21-8)9-5-10(16-6-9)12-18-13(19-20-12)14(15)3-2-4-14;/h5-7,16H,2-4,15H2,1H3;1H. The Balaban J connectivity index is 0.00000144. The molecule has 1 saturated carbocycles. The van der Waals surface area contributed by atoms with Gasteiger partial charge in [-0.15, -0.1) is 23.7 Å². The normalized spacial score (nSPS) is 16.1. The number of rotatable bonds is 3. The van der Waals surface area contributed by atoms with E-state index in [0.29, 0.717) is 11.7 Å². The van der Waals surface area contributed by atoms with Crippen molar-refractivity contribution in [2.24, 2.45) is 5.73 Å². The Hall–Kier alpha value is -1.70. The lowest BCUT2D eigenvalue weighted by molar-refractivity contribution is 0.229. The fourth-order valence-electron chi connectivity index (χ4n) is 2.48. The van der Waals surface area contributed by atoms with Crippen molar-refractivity contribution in [2.45, 2.75) is 31.7 Å². The number of halogens is 1. The number of nitrogens with one attached hydrogen (secondary N) is 1. The Morgan fingerprint density at radius 1 is 1.36 bits per heavy atom. The Kier molecular flexibility index (Phi) is 3.80. The fraction of sp³-hybridized carbons (Fsp3) is 0.357. The molecule has 0 radical (unpaired) electrons. The molecule has 1 aliphatic rings. The van der Waals surface area contributed by atoms with Crippen molar-refractivity contribution in [3.8, 4) is 22.8 Å². The minimum atomic E-state index is -0.400. The van der Waals surface area contributed by atoms with E-state index < -0.39 is 5.54 Å². The van der Waals surface area contributed by atoms with E-state index in [0.717, 1.165) is 41.2 Å². The monoisotopic (exact) mass is 337 g/mol. The molecule has 3 N–H and O–H groups in total. The number of aryl methyl sites for hydroxylation is 1. The summed E-state index contributed by atoms with van der Waals surface area (Å²) in [6, 6.07) is 1.97. The summed E-state index contributed by atoms with van der Waals surface area (Å²) in [5.41, 5.74) is 8.57. The zero-order chi connectivity index (χ0) is 14.4. The molecule has 3 aromatic rings. The maximum atomic E-state index is 6.21. The van der Waals surface area contributed by atoms with Crippen LogP contribution < -0.4 is 5.73 Å². The van der Waals surface area contributed by atoms with Crippen LogP contribution in [-0.4, -0.2) is 20.1 Å². The number of nitrogens with two attached hydrogens (primary N) is 1. The van der Waals surface area contributed by atoms with Gasteiger partial charge in [0.1, 0.15) is 5.69 Å². The van der Waals surface area contributed by atoms with Gasteiger partial charge in [-0.3, -0.25) is 0 Å². The van der Waals surface area contributed by atoms with Crippen LogP contribution in [0.5, 0.6) is 0 Å². The molecule has 0 aliphatic heterocycles. The number of H-pyrrole nitrogens is 1. The van der Waals surface area contributed by atoms with E-state index in [9.17, 15) is 0 Å². The lowest BCUT2D eigenvalue weighted by Crippen LogP contribution is -2.44. The van der Waals surface area contributed by atoms with Gasteiger partial charge in [-0.05, 0) is 32.3 Å². The first-order valence-electron chi connectivity index (χ1n) is 6.88. The summed E-state index contributed by atoms with van der Waals surface area (Å²) >= 11 is 1.63. The summed E-state index contributed by atoms with van der Waals surface area (Å²) in [5.74, 6) is 1.07. The van der Waals surface area contributed by atoms with Crippen LogP contribution in [0.25, 0.3) is 22.8 Å². The summed E-state index contributed by atoms with van der Waals surface area (Å²) in [7, 11) is 0. The summed E-state index contributed by atoms with van der Waals surface area (Å²) in [4.78, 5) is 12.1. The lowest BCUT2D eigenvalue weighted by atomic mass is 9.77. The van der Waals surface area contributed by atoms with Crippen molar-refractivity contribution >= 4 is 23.7 Å². The molecule has 3 aromatic heterocycles. The maximum absolute atomic E-state index is 6.21. The second-order valence-electron chi connectivity index (χ2n) is 5.49. The number of nitrogens with zero attached hydrogens (tertiary/aromatic N) is 3. The zero-order valence-electron chi connectivity index (χ0n) is 12.0. The predicted molar refractivity (Wildman–Crippen MR) is 86.9 cm³/mol. The van der Waals surface area contributed by atoms with Gasteiger partial charge in [-0.25, -0.2) is 4.98 Å². The number of aromatic amines is 1. The van der Waals surface area contributed by atoms with Gasteiger partial charge >= 0.3 is 0 Å². The van der Waals surface area contributed by atoms with Gasteiger partial charge in [0.2, 0.25) is 0 Å². The number of thiazole rings is 1. The average molecular weight is 338 g/mol. The van der Waals surface area contributed by atoms with Crippen molar-refractivity contribution in [1.29, 1.82) is 0 Å². The molecule has 0 atom stereocenters. The molecule has 1 fully saturated rings. The molecule has 0 unspecified atom stereocenters. The van der Waals surface area contributed by atoms with Gasteiger partial charge in [0, 0.05) is 17.1 Å². The fourth-order valence-corrected chi connectivity index (χ4v) is 3.10. The third-order valence-corrected chi connectivity index (χ3v) is 4.72. The zero-order valence-corrected chi connectivity index (χ0v) is 13.6. The van der Waals surface area contributed by atoms with Crippen LogP contribution in [0, 0.1) is 6.92 Å². The van der Waals surface area contributed by atoms with E-state index >= 15 is 0 Å². The molecule has 0 spiro atoms. The number of aromatic nitrogens is 4. The third-order valence-electron chi connectivity index (χ3n) is 3.95. The smallest absolute Gasteiger partial charge is 0.274 e. The van der Waals surface area contributed by atoms with Crippen LogP contribution in [0.1, 0.15) is 30.1 Å². The minimum Gasteiger partial charge on any atom is -0.357 e. The molecule has 0 saturated heterocycles. The van der Waals surface area contributed by atoms with E-state index in [2.05, 4.69) is 20.1 Å². The Labute approximate surface area is 137 Å². The quantitative estimate of drug-likeness (QED) is 0.765. The van der Waals surface area contributed by atoms with Crippen molar-refractivity contribution in [2.75, 3.05) is 0 Å². The highest BCUT2D eigenvalue weighted by atomic mass is 35.5. The Bertz CT molecular complexity index is 789. The van der Waals surface area contributed by atoms with Crippen molar-refractivity contribution in [1.82, 2.24) is 20.1 Å². The van der Waals surface area contributed by atoms with Gasteiger partial charge in [0.05, 0.1) is 16.2 Å². The number of hydrogen-bond acceptors (Lipinski definition) is 6. The summed E-state index contributed by atoms with van der Waals surface area (Å²) in [6.07, 6.45) is 4.85. The third kappa shape index (κ3) is 2.45. The topological polar surface area (TPSA) is 93.6 Å². The molecule has 22 heavy (non-hydrogen) atoms. The molecule has 116 valence electrons. The highest BCUT2D eigenvalue weighted by Gasteiger charge is 2.39. The number of hydrogen-bond donors (Lipinski definition) is 2. The molecule has 3 heterocycles. The van der Waals surface area contributed by atoms with Crippen LogP contribution in [0.3, 0.4) is 0 Å². The lowest BCUT2D eigenvalue weighted by Gasteiger charge is -2.34. The Morgan fingerprint density at radius 3 is 2.82 bits per heavy atom. The first-order valence-corrected chi connectivity index (χ1v) is 7.76. The average Bonchev–Trinajstić information content (AvgIpc) is 3.14. The molecule has 0 bridgehead atoms. The van der Waals surface area contributed by atoms with Gasteiger partial charge in [-0.2, -0.15) is 4.98 Å². The van der Waals surface area contributed by atoms with Crippen LogP contribution in [0.2, 0.25) is 0 Å². The van der Waals surface area contributed by atoms with Gasteiger partial charge in [-0.1, -0.05) is 5.16 Å². The summed E-state index contributed by atoms with van der Waals surface area (Å²) < 4.78 is 5.34. The second kappa shape index (κ2) is 5.49. The van der Waals surface area contributed by atoms with E-state index in [1.54, 1.807) is 11.3 Å². The Morgan fingerprint density at radius 2 is 2.18 bits per heavy atom. The van der Waals surface area contributed by atoms with Crippen LogP contribution in [0.4, 0.5) is 0 Å². The molecular formula is C14H16ClN5OS. The van der Waals surface area contributed by atoms with Crippen LogP contribution in [0.15, 0.2) is 22.2 Å². The molecule has 4 rings (SSSR count). The van der Waals surface area contributed by atoms with Gasteiger partial charge in [0.25, 0.3) is 5.89 Å². The van der Waals surface area contributed by atoms with Crippen molar-refractivity contribution in [3.05, 3.63) is 28.5 Å². The second-order valence-corrected chi connectivity index (χ2v) is 6.55. The molecule has 0 amide bonds. The molecular weight excluding hydrogens is 322 g/mol. The summed E-state index contributed by atoms with van der Waals surface area (Å²) in [5, 5.41) is 7.10. The van der Waals surface area contributed by atoms with Crippen molar-refractivity contribution in [3.63, 3.8) is 0 Å². The van der Waals surface area contributed by atoms with E-state index in [1.165, 1.54) is 0 Å². The van der Waals surface area contributed by atoms with Crippen LogP contribution >= 0.6 is 23.7 Å². The minimum absolute atomic E-state index is 0. The first kappa shape index (κ1) is 15.2. The van der Waals surface area contributed by atoms with E-state index in [-0.39, 0.29) is 12.4 Å². The van der Waals surface area contributed by atoms with Gasteiger partial charge < -0.3 is 15.2 Å². The van der Waals surface area contributed by atoms with Crippen molar-refractivity contribution < 1.29 is 4.52 Å². The molecule has 0 aromatic carbocycles. The van der Waals surface area contributed by atoms with E-state index in [1.807, 2.05) is 24.6 Å². The highest BCUT2D eigenvalue weighted by Crippen LogP contribution is 2.37. The van der Waals surface area contributed by atoms with Crippen LogP contribution in [-0.2, 0) is 5.54 Å². The van der Waals surface area contributed by atoms with Gasteiger partial charge in [0.15, 0.2) is 5.82 Å². The largest absolute Gasteiger partial charge is 0.357 e. The maximum Gasteiger partial charge on any atom is 0.274 e. The first-order chi connectivity index (χ1) is 10.1. The predicted octanol–water partition coefficient (Wildman–Crippen LogP) is 3.26. The molecule has 1 aliphatic carbocycles. The SMILES string of the molecule is Cc1nc(-c2c[nH]c(-c3nc(C4(N)CCC4)no3)c2)cs1.Cl. The summed E-state index contributed by atoms with van der Waals surface area (Å²) in [6.45, 7) is 1.99.